The Labute approximate surface area is 83.4 Å². The van der Waals surface area contributed by atoms with Crippen molar-refractivity contribution in [1.29, 1.82) is 0 Å². The van der Waals surface area contributed by atoms with E-state index in [0.717, 1.165) is 11.1 Å². The molecular weight excluding hydrogens is 176 g/mol. The molecule has 0 fully saturated rings. The zero-order chi connectivity index (χ0) is 10.6. The second-order valence-electron chi connectivity index (χ2n) is 3.16. The van der Waals surface area contributed by atoms with E-state index in [9.17, 15) is 4.79 Å². The van der Waals surface area contributed by atoms with Gasteiger partial charge in [0.15, 0.2) is 0 Å². The number of carbonyl (C=O) groups is 1. The molecule has 1 rings (SSSR count). The molecule has 0 saturated heterocycles. The smallest absolute Gasteiger partial charge is 0.217 e. The van der Waals surface area contributed by atoms with E-state index in [1.165, 1.54) is 0 Å². The van der Waals surface area contributed by atoms with Gasteiger partial charge in [-0.2, -0.15) is 0 Å². The van der Waals surface area contributed by atoms with Crippen LogP contribution in [0, 0.1) is 0 Å². The summed E-state index contributed by atoms with van der Waals surface area (Å²) in [6.45, 7) is 3.87. The Hall–Kier alpha value is -1.77. The summed E-state index contributed by atoms with van der Waals surface area (Å²) in [6.07, 6.45) is 0.872. The third-order valence-corrected chi connectivity index (χ3v) is 2.01. The van der Waals surface area contributed by atoms with Crippen molar-refractivity contribution in [1.82, 2.24) is 0 Å². The Bertz CT molecular complexity index is 358. The van der Waals surface area contributed by atoms with Crippen molar-refractivity contribution in [3.63, 3.8) is 0 Å². The van der Waals surface area contributed by atoms with E-state index in [0.29, 0.717) is 18.5 Å². The van der Waals surface area contributed by atoms with E-state index in [-0.39, 0.29) is 5.91 Å². The van der Waals surface area contributed by atoms with Crippen LogP contribution in [-0.2, 0) is 4.79 Å². The maximum atomic E-state index is 10.6. The number of benzene rings is 1. The summed E-state index contributed by atoms with van der Waals surface area (Å²) in [4.78, 5) is 10.6. The highest BCUT2D eigenvalue weighted by Crippen LogP contribution is 2.22. The van der Waals surface area contributed by atoms with E-state index in [2.05, 4.69) is 6.58 Å². The van der Waals surface area contributed by atoms with Gasteiger partial charge in [-0.1, -0.05) is 24.8 Å². The summed E-state index contributed by atoms with van der Waals surface area (Å²) in [5.41, 5.74) is 13.2. The molecule has 3 heteroatoms. The molecule has 0 aliphatic heterocycles. The molecule has 3 nitrogen and oxygen atoms in total. The van der Waals surface area contributed by atoms with Gasteiger partial charge in [0.1, 0.15) is 0 Å². The standard InChI is InChI=1S/C11H14N2O/c1-8(6-7-11(13)14)9-4-2-3-5-10(9)12/h2-5H,1,6-7,12H2,(H2,13,14). The molecule has 0 heterocycles. The van der Waals surface area contributed by atoms with Gasteiger partial charge in [-0.3, -0.25) is 4.79 Å². The van der Waals surface area contributed by atoms with E-state index >= 15 is 0 Å². The van der Waals surface area contributed by atoms with Gasteiger partial charge in [0.2, 0.25) is 5.91 Å². The van der Waals surface area contributed by atoms with Crippen molar-refractivity contribution < 1.29 is 4.79 Å². The first kappa shape index (κ1) is 10.3. The minimum Gasteiger partial charge on any atom is -0.398 e. The number of hydrogen-bond donors (Lipinski definition) is 2. The van der Waals surface area contributed by atoms with Gasteiger partial charge in [-0.25, -0.2) is 0 Å². The lowest BCUT2D eigenvalue weighted by Crippen LogP contribution is -2.10. The molecule has 0 unspecified atom stereocenters. The van der Waals surface area contributed by atoms with Crippen molar-refractivity contribution >= 4 is 17.2 Å². The number of rotatable bonds is 4. The van der Waals surface area contributed by atoms with E-state index < -0.39 is 0 Å². The fraction of sp³-hybridized carbons (Fsp3) is 0.182. The average Bonchev–Trinajstić information content (AvgIpc) is 2.15. The zero-order valence-corrected chi connectivity index (χ0v) is 7.99. The van der Waals surface area contributed by atoms with Crippen molar-refractivity contribution in [2.45, 2.75) is 12.8 Å². The Morgan fingerprint density at radius 2 is 1.93 bits per heavy atom. The number of amides is 1. The monoisotopic (exact) mass is 190 g/mol. The first-order chi connectivity index (χ1) is 6.61. The predicted octanol–water partition coefficient (Wildman–Crippen LogP) is 1.55. The quantitative estimate of drug-likeness (QED) is 0.707. The van der Waals surface area contributed by atoms with Crippen LogP contribution in [0.5, 0.6) is 0 Å². The molecule has 1 aromatic rings. The molecule has 4 N–H and O–H groups in total. The van der Waals surface area contributed by atoms with Crippen LogP contribution in [-0.4, -0.2) is 5.91 Å². The van der Waals surface area contributed by atoms with Gasteiger partial charge < -0.3 is 11.5 Å². The highest BCUT2D eigenvalue weighted by molar-refractivity contribution is 5.79. The number of primary amides is 1. The molecule has 0 bridgehead atoms. The first-order valence-corrected chi connectivity index (χ1v) is 4.42. The van der Waals surface area contributed by atoms with Crippen molar-refractivity contribution in [2.24, 2.45) is 5.73 Å². The van der Waals surface area contributed by atoms with Gasteiger partial charge >= 0.3 is 0 Å². The maximum Gasteiger partial charge on any atom is 0.217 e. The average molecular weight is 190 g/mol. The zero-order valence-electron chi connectivity index (χ0n) is 7.99. The van der Waals surface area contributed by atoms with Crippen molar-refractivity contribution in [2.75, 3.05) is 5.73 Å². The number of carbonyl (C=O) groups excluding carboxylic acids is 1. The SMILES string of the molecule is C=C(CCC(N)=O)c1ccccc1N. The molecule has 14 heavy (non-hydrogen) atoms. The Kier molecular flexibility index (Phi) is 3.29. The van der Waals surface area contributed by atoms with Crippen LogP contribution in [0.15, 0.2) is 30.8 Å². The molecule has 0 atom stereocenters. The van der Waals surface area contributed by atoms with E-state index in [4.69, 9.17) is 11.5 Å². The number of nitrogens with two attached hydrogens (primary N) is 2. The molecule has 1 aromatic carbocycles. The summed E-state index contributed by atoms with van der Waals surface area (Å²) in [6, 6.07) is 7.45. The van der Waals surface area contributed by atoms with Crippen LogP contribution in [0.2, 0.25) is 0 Å². The van der Waals surface area contributed by atoms with Gasteiger partial charge in [-0.05, 0) is 23.6 Å². The molecule has 74 valence electrons. The Morgan fingerprint density at radius 1 is 1.29 bits per heavy atom. The number of anilines is 1. The number of nitrogen functional groups attached to an aromatic ring is 1. The number of allylic oxidation sites excluding steroid dienone is 1. The van der Waals surface area contributed by atoms with Crippen molar-refractivity contribution in [3.05, 3.63) is 36.4 Å². The van der Waals surface area contributed by atoms with Crippen LogP contribution >= 0.6 is 0 Å². The molecule has 0 aliphatic rings. The molecular formula is C11H14N2O. The van der Waals surface area contributed by atoms with Gasteiger partial charge in [0, 0.05) is 12.1 Å². The molecule has 0 spiro atoms. The lowest BCUT2D eigenvalue weighted by atomic mass is 10.0. The third-order valence-electron chi connectivity index (χ3n) is 2.01. The van der Waals surface area contributed by atoms with Crippen LogP contribution in [0.3, 0.4) is 0 Å². The third kappa shape index (κ3) is 2.62. The molecule has 0 aliphatic carbocycles. The van der Waals surface area contributed by atoms with Crippen LogP contribution in [0.25, 0.3) is 5.57 Å². The second-order valence-corrected chi connectivity index (χ2v) is 3.16. The van der Waals surface area contributed by atoms with Crippen molar-refractivity contribution in [3.8, 4) is 0 Å². The Morgan fingerprint density at radius 3 is 2.50 bits per heavy atom. The summed E-state index contributed by atoms with van der Waals surface area (Å²) in [5.74, 6) is -0.319. The minimum atomic E-state index is -0.319. The normalized spacial score (nSPS) is 9.71. The van der Waals surface area contributed by atoms with E-state index in [1.54, 1.807) is 0 Å². The van der Waals surface area contributed by atoms with Gasteiger partial charge in [0.25, 0.3) is 0 Å². The lowest BCUT2D eigenvalue weighted by molar-refractivity contribution is -0.117. The molecule has 0 aromatic heterocycles. The molecule has 0 saturated carbocycles. The molecule has 1 amide bonds. The number of para-hydroxylation sites is 1. The highest BCUT2D eigenvalue weighted by atomic mass is 16.1. The topological polar surface area (TPSA) is 69.1 Å². The maximum absolute atomic E-state index is 10.6. The summed E-state index contributed by atoms with van der Waals surface area (Å²) in [5, 5.41) is 0. The summed E-state index contributed by atoms with van der Waals surface area (Å²) < 4.78 is 0. The lowest BCUT2D eigenvalue weighted by Gasteiger charge is -2.07. The second kappa shape index (κ2) is 4.46. The van der Waals surface area contributed by atoms with Crippen LogP contribution in [0.1, 0.15) is 18.4 Å². The molecule has 0 radical (unpaired) electrons. The fourth-order valence-corrected chi connectivity index (χ4v) is 1.23. The fourth-order valence-electron chi connectivity index (χ4n) is 1.23. The van der Waals surface area contributed by atoms with Gasteiger partial charge in [0.05, 0.1) is 0 Å². The number of hydrogen-bond acceptors (Lipinski definition) is 2. The largest absolute Gasteiger partial charge is 0.398 e. The first-order valence-electron chi connectivity index (χ1n) is 4.42. The summed E-state index contributed by atoms with van der Waals surface area (Å²) in [7, 11) is 0. The summed E-state index contributed by atoms with van der Waals surface area (Å²) >= 11 is 0. The van der Waals surface area contributed by atoms with Crippen LogP contribution < -0.4 is 11.5 Å². The van der Waals surface area contributed by atoms with Crippen LogP contribution in [0.4, 0.5) is 5.69 Å². The Balaban J connectivity index is 2.70. The minimum absolute atomic E-state index is 0.313. The highest BCUT2D eigenvalue weighted by Gasteiger charge is 2.03. The van der Waals surface area contributed by atoms with E-state index in [1.807, 2.05) is 24.3 Å². The predicted molar refractivity (Wildman–Crippen MR) is 58.3 cm³/mol. The van der Waals surface area contributed by atoms with Gasteiger partial charge in [-0.15, -0.1) is 0 Å².